The zero-order chi connectivity index (χ0) is 11.7. The van der Waals surface area contributed by atoms with Crippen LogP contribution in [0.15, 0.2) is 17.1 Å². The van der Waals surface area contributed by atoms with Crippen LogP contribution in [0.2, 0.25) is 5.02 Å². The number of H-pyrrole nitrogens is 1. The Labute approximate surface area is 98.3 Å². The maximum atomic E-state index is 11.8. The third-order valence-corrected chi connectivity index (χ3v) is 3.05. The normalized spacial score (nSPS) is 11.5. The number of aromatic nitrogens is 3. The molecule has 0 spiro atoms. The summed E-state index contributed by atoms with van der Waals surface area (Å²) in [4.78, 5) is 18.7. The second-order valence-electron chi connectivity index (χ2n) is 3.79. The zero-order valence-corrected chi connectivity index (χ0v) is 10.1. The average molecular weight is 240 g/mol. The lowest BCUT2D eigenvalue weighted by atomic mass is 10.1. The Kier molecular flexibility index (Phi) is 3.01. The lowest BCUT2D eigenvalue weighted by Gasteiger charge is -2.13. The summed E-state index contributed by atoms with van der Waals surface area (Å²) in [7, 11) is 0. The molecule has 86 valence electrons. The second-order valence-corrected chi connectivity index (χ2v) is 4.23. The number of halogens is 1. The molecule has 2 heterocycles. The van der Waals surface area contributed by atoms with Gasteiger partial charge in [0.1, 0.15) is 0 Å². The summed E-state index contributed by atoms with van der Waals surface area (Å²) in [6.07, 6.45) is 3.36. The fraction of sp³-hybridized carbons (Fsp3) is 0.455. The highest BCUT2D eigenvalue weighted by Gasteiger charge is 2.14. The van der Waals surface area contributed by atoms with Crippen LogP contribution in [0.3, 0.4) is 0 Å². The van der Waals surface area contributed by atoms with Gasteiger partial charge in [-0.25, -0.2) is 9.78 Å². The van der Waals surface area contributed by atoms with Gasteiger partial charge in [-0.3, -0.25) is 9.55 Å². The van der Waals surface area contributed by atoms with E-state index in [-0.39, 0.29) is 11.7 Å². The average Bonchev–Trinajstić information content (AvgIpc) is 2.58. The molecule has 2 rings (SSSR count). The number of pyridine rings is 1. The number of imidazole rings is 1. The molecule has 2 aromatic rings. The van der Waals surface area contributed by atoms with Crippen LogP contribution in [0, 0.1) is 0 Å². The maximum absolute atomic E-state index is 11.8. The van der Waals surface area contributed by atoms with Crippen molar-refractivity contribution in [1.82, 2.24) is 14.5 Å². The van der Waals surface area contributed by atoms with Crippen LogP contribution in [0.25, 0.3) is 11.2 Å². The molecule has 0 saturated heterocycles. The minimum absolute atomic E-state index is 0.113. The van der Waals surface area contributed by atoms with E-state index in [1.165, 1.54) is 6.20 Å². The van der Waals surface area contributed by atoms with E-state index in [2.05, 4.69) is 23.8 Å². The molecule has 0 fully saturated rings. The molecule has 0 radical (unpaired) electrons. The Morgan fingerprint density at radius 3 is 2.81 bits per heavy atom. The van der Waals surface area contributed by atoms with Crippen molar-refractivity contribution in [2.75, 3.05) is 0 Å². The minimum Gasteiger partial charge on any atom is -0.290 e. The molecule has 0 aromatic carbocycles. The van der Waals surface area contributed by atoms with Gasteiger partial charge in [-0.1, -0.05) is 25.4 Å². The summed E-state index contributed by atoms with van der Waals surface area (Å²) >= 11 is 5.90. The van der Waals surface area contributed by atoms with Gasteiger partial charge in [0.25, 0.3) is 0 Å². The van der Waals surface area contributed by atoms with E-state index in [1.54, 1.807) is 10.6 Å². The van der Waals surface area contributed by atoms with Gasteiger partial charge in [0.15, 0.2) is 5.65 Å². The summed E-state index contributed by atoms with van der Waals surface area (Å²) in [6.45, 7) is 4.13. The van der Waals surface area contributed by atoms with Gasteiger partial charge in [-0.15, -0.1) is 0 Å². The molecular weight excluding hydrogens is 226 g/mol. The van der Waals surface area contributed by atoms with E-state index < -0.39 is 0 Å². The lowest BCUT2D eigenvalue weighted by Crippen LogP contribution is -2.21. The number of nitrogens with zero attached hydrogens (tertiary/aromatic N) is 2. The van der Waals surface area contributed by atoms with Crippen LogP contribution in [-0.2, 0) is 0 Å². The van der Waals surface area contributed by atoms with Gasteiger partial charge in [-0.05, 0) is 18.9 Å². The SMILES string of the molecule is CCC(CC)n1c(=O)[nH]c2ncc(Cl)cc21. The van der Waals surface area contributed by atoms with Crippen LogP contribution in [0.1, 0.15) is 32.7 Å². The van der Waals surface area contributed by atoms with Crippen LogP contribution >= 0.6 is 11.6 Å². The van der Waals surface area contributed by atoms with Crippen molar-refractivity contribution in [1.29, 1.82) is 0 Å². The van der Waals surface area contributed by atoms with Crippen LogP contribution < -0.4 is 5.69 Å². The fourth-order valence-corrected chi connectivity index (χ4v) is 2.15. The standard InChI is InChI=1S/C11H14ClN3O/c1-3-8(4-2)15-9-5-7(12)6-13-10(9)14-11(15)16/h5-6,8H,3-4H2,1-2H3,(H,13,14,16). The summed E-state index contributed by atoms with van der Waals surface area (Å²) in [5.74, 6) is 0. The summed E-state index contributed by atoms with van der Waals surface area (Å²) in [5.41, 5.74) is 1.27. The molecule has 0 aliphatic heterocycles. The molecule has 5 heteroatoms. The molecule has 16 heavy (non-hydrogen) atoms. The summed E-state index contributed by atoms with van der Waals surface area (Å²) in [6, 6.07) is 1.97. The summed E-state index contributed by atoms with van der Waals surface area (Å²) < 4.78 is 1.74. The molecular formula is C11H14ClN3O. The van der Waals surface area contributed by atoms with E-state index in [4.69, 9.17) is 11.6 Å². The van der Waals surface area contributed by atoms with E-state index in [1.807, 2.05) is 0 Å². The van der Waals surface area contributed by atoms with Crippen molar-refractivity contribution in [3.05, 3.63) is 27.8 Å². The smallest absolute Gasteiger partial charge is 0.290 e. The van der Waals surface area contributed by atoms with Gasteiger partial charge in [0, 0.05) is 12.2 Å². The molecule has 0 atom stereocenters. The van der Waals surface area contributed by atoms with Crippen LogP contribution in [0.4, 0.5) is 0 Å². The molecule has 1 N–H and O–H groups in total. The van der Waals surface area contributed by atoms with Crippen LogP contribution in [-0.4, -0.2) is 14.5 Å². The molecule has 2 aromatic heterocycles. The number of aromatic amines is 1. The van der Waals surface area contributed by atoms with E-state index in [9.17, 15) is 4.79 Å². The van der Waals surface area contributed by atoms with Gasteiger partial charge >= 0.3 is 5.69 Å². The molecule has 4 nitrogen and oxygen atoms in total. The first kappa shape index (κ1) is 11.2. The first-order valence-electron chi connectivity index (χ1n) is 5.43. The van der Waals surface area contributed by atoms with Crippen molar-refractivity contribution >= 4 is 22.8 Å². The number of rotatable bonds is 3. The van der Waals surface area contributed by atoms with E-state index in [0.717, 1.165) is 18.4 Å². The Hall–Kier alpha value is -1.29. The number of hydrogen-bond acceptors (Lipinski definition) is 2. The highest BCUT2D eigenvalue weighted by atomic mass is 35.5. The third kappa shape index (κ3) is 1.73. The number of fused-ring (bicyclic) bond motifs is 1. The Morgan fingerprint density at radius 1 is 1.50 bits per heavy atom. The van der Waals surface area contributed by atoms with Crippen molar-refractivity contribution in [2.45, 2.75) is 32.7 Å². The topological polar surface area (TPSA) is 50.7 Å². The Bertz CT molecular complexity index is 554. The largest absolute Gasteiger partial charge is 0.327 e. The number of nitrogens with one attached hydrogen (secondary N) is 1. The lowest BCUT2D eigenvalue weighted by molar-refractivity contribution is 0.471. The van der Waals surface area contributed by atoms with Crippen molar-refractivity contribution in [2.24, 2.45) is 0 Å². The minimum atomic E-state index is -0.113. The van der Waals surface area contributed by atoms with E-state index >= 15 is 0 Å². The highest BCUT2D eigenvalue weighted by Crippen LogP contribution is 2.21. The first-order valence-corrected chi connectivity index (χ1v) is 5.81. The first-order chi connectivity index (χ1) is 7.67. The fourth-order valence-electron chi connectivity index (χ4n) is 2.00. The van der Waals surface area contributed by atoms with Gasteiger partial charge in [-0.2, -0.15) is 0 Å². The Balaban J connectivity index is 2.71. The van der Waals surface area contributed by atoms with Crippen molar-refractivity contribution in [3.63, 3.8) is 0 Å². The van der Waals surface area contributed by atoms with Crippen molar-refractivity contribution < 1.29 is 0 Å². The van der Waals surface area contributed by atoms with Crippen LogP contribution in [0.5, 0.6) is 0 Å². The number of hydrogen-bond donors (Lipinski definition) is 1. The quantitative estimate of drug-likeness (QED) is 0.896. The van der Waals surface area contributed by atoms with E-state index in [0.29, 0.717) is 10.7 Å². The Morgan fingerprint density at radius 2 is 2.19 bits per heavy atom. The van der Waals surface area contributed by atoms with Gasteiger partial charge < -0.3 is 0 Å². The molecule has 0 aliphatic carbocycles. The monoisotopic (exact) mass is 239 g/mol. The molecule has 0 amide bonds. The third-order valence-electron chi connectivity index (χ3n) is 2.85. The van der Waals surface area contributed by atoms with Gasteiger partial charge in [0.2, 0.25) is 0 Å². The molecule has 0 saturated carbocycles. The highest BCUT2D eigenvalue weighted by molar-refractivity contribution is 6.31. The van der Waals surface area contributed by atoms with Crippen molar-refractivity contribution in [3.8, 4) is 0 Å². The molecule has 0 aliphatic rings. The molecule has 0 unspecified atom stereocenters. The van der Waals surface area contributed by atoms with Gasteiger partial charge in [0.05, 0.1) is 10.5 Å². The maximum Gasteiger partial charge on any atom is 0.327 e. The zero-order valence-electron chi connectivity index (χ0n) is 9.33. The molecule has 0 bridgehead atoms. The second kappa shape index (κ2) is 4.29. The predicted molar refractivity (Wildman–Crippen MR) is 65.0 cm³/mol. The summed E-state index contributed by atoms with van der Waals surface area (Å²) in [5, 5.41) is 0.547. The predicted octanol–water partition coefficient (Wildman–Crippen LogP) is 2.74.